The second-order valence-corrected chi connectivity index (χ2v) is 5.97. The van der Waals surface area contributed by atoms with Gasteiger partial charge in [0.25, 0.3) is 0 Å². The van der Waals surface area contributed by atoms with E-state index in [2.05, 4.69) is 35.2 Å². The van der Waals surface area contributed by atoms with Gasteiger partial charge in [-0.2, -0.15) is 11.8 Å². The lowest BCUT2D eigenvalue weighted by molar-refractivity contribution is 0.106. The molecule has 3 heteroatoms. The zero-order chi connectivity index (χ0) is 10.7. The summed E-state index contributed by atoms with van der Waals surface area (Å²) in [6.07, 6.45) is 7.86. The molecule has 2 aliphatic rings. The highest BCUT2D eigenvalue weighted by molar-refractivity contribution is 7.99. The average Bonchev–Trinajstić information content (AvgIpc) is 2.77. The Bertz CT molecular complexity index is 198. The van der Waals surface area contributed by atoms with Gasteiger partial charge in [0.2, 0.25) is 0 Å². The molecule has 15 heavy (non-hydrogen) atoms. The summed E-state index contributed by atoms with van der Waals surface area (Å²) in [5.41, 5.74) is 0. The van der Waals surface area contributed by atoms with E-state index in [0.29, 0.717) is 0 Å². The number of hydrogen-bond acceptors (Lipinski definition) is 3. The Balaban J connectivity index is 1.90. The highest BCUT2D eigenvalue weighted by atomic mass is 32.2. The van der Waals surface area contributed by atoms with Gasteiger partial charge in [0.05, 0.1) is 0 Å². The van der Waals surface area contributed by atoms with Crippen LogP contribution in [0.15, 0.2) is 0 Å². The van der Waals surface area contributed by atoms with Crippen LogP contribution in [-0.2, 0) is 0 Å². The quantitative estimate of drug-likeness (QED) is 0.795. The molecule has 3 atom stereocenters. The molecule has 1 aliphatic carbocycles. The molecular weight excluding hydrogens is 204 g/mol. The molecule has 0 aromatic rings. The topological polar surface area (TPSA) is 15.3 Å². The fraction of sp³-hybridized carbons (Fsp3) is 1.00. The number of piperazine rings is 1. The van der Waals surface area contributed by atoms with Gasteiger partial charge < -0.3 is 5.32 Å². The van der Waals surface area contributed by atoms with Crippen molar-refractivity contribution in [2.24, 2.45) is 0 Å². The Hall–Kier alpha value is 0.270. The molecule has 1 saturated heterocycles. The van der Waals surface area contributed by atoms with E-state index in [1.165, 1.54) is 45.3 Å². The highest BCUT2D eigenvalue weighted by Gasteiger charge is 2.33. The van der Waals surface area contributed by atoms with Crippen LogP contribution in [0.3, 0.4) is 0 Å². The van der Waals surface area contributed by atoms with Crippen molar-refractivity contribution < 1.29 is 0 Å². The first-order chi connectivity index (χ1) is 7.35. The Morgan fingerprint density at radius 3 is 2.93 bits per heavy atom. The van der Waals surface area contributed by atoms with E-state index in [4.69, 9.17) is 0 Å². The molecule has 88 valence electrons. The second-order valence-electron chi connectivity index (χ2n) is 4.83. The fourth-order valence-electron chi connectivity index (χ4n) is 3.07. The van der Waals surface area contributed by atoms with Crippen molar-refractivity contribution >= 4 is 11.8 Å². The predicted molar refractivity (Wildman–Crippen MR) is 68.6 cm³/mol. The minimum atomic E-state index is 0.796. The lowest BCUT2D eigenvalue weighted by Crippen LogP contribution is -2.54. The molecule has 0 bridgehead atoms. The maximum absolute atomic E-state index is 3.52. The van der Waals surface area contributed by atoms with Crippen LogP contribution in [-0.4, -0.2) is 48.1 Å². The summed E-state index contributed by atoms with van der Waals surface area (Å²) in [7, 11) is 0. The van der Waals surface area contributed by atoms with Gasteiger partial charge in [-0.15, -0.1) is 0 Å². The van der Waals surface area contributed by atoms with E-state index in [0.717, 1.165) is 17.3 Å². The van der Waals surface area contributed by atoms with Crippen LogP contribution in [0.1, 0.15) is 32.6 Å². The van der Waals surface area contributed by atoms with Crippen molar-refractivity contribution in [3.05, 3.63) is 0 Å². The third kappa shape index (κ3) is 2.69. The zero-order valence-corrected chi connectivity index (χ0v) is 10.9. The van der Waals surface area contributed by atoms with Crippen LogP contribution in [0.25, 0.3) is 0 Å². The SMILES string of the molecule is CCC1CNCCN1C1CCC(SC)C1. The predicted octanol–water partition coefficient (Wildman–Crippen LogP) is 1.95. The molecule has 2 nitrogen and oxygen atoms in total. The third-order valence-electron chi connectivity index (χ3n) is 4.03. The van der Waals surface area contributed by atoms with Crippen molar-refractivity contribution in [2.45, 2.75) is 49.9 Å². The number of nitrogens with one attached hydrogen (secondary N) is 1. The van der Waals surface area contributed by atoms with Crippen LogP contribution < -0.4 is 5.32 Å². The summed E-state index contributed by atoms with van der Waals surface area (Å²) in [5, 5.41) is 4.45. The first kappa shape index (κ1) is 11.7. The van der Waals surface area contributed by atoms with Gasteiger partial charge in [0, 0.05) is 37.0 Å². The number of rotatable bonds is 3. The van der Waals surface area contributed by atoms with E-state index in [1.54, 1.807) is 0 Å². The number of thioether (sulfide) groups is 1. The standard InChI is InChI=1S/C12H24N2S/c1-3-10-9-13-6-7-14(10)11-4-5-12(8-11)15-2/h10-13H,3-9H2,1-2H3. The Kier molecular flexibility index (Phi) is 4.35. The molecular formula is C12H24N2S. The molecule has 1 heterocycles. The summed E-state index contributed by atoms with van der Waals surface area (Å²) in [5.74, 6) is 0. The Labute approximate surface area is 98.2 Å². The third-order valence-corrected chi connectivity index (χ3v) is 5.12. The van der Waals surface area contributed by atoms with Gasteiger partial charge in [0.15, 0.2) is 0 Å². The molecule has 0 aromatic carbocycles. The van der Waals surface area contributed by atoms with Crippen LogP contribution >= 0.6 is 11.8 Å². The van der Waals surface area contributed by atoms with Crippen molar-refractivity contribution in [1.82, 2.24) is 10.2 Å². The second kappa shape index (κ2) is 5.55. The molecule has 1 saturated carbocycles. The molecule has 2 rings (SSSR count). The van der Waals surface area contributed by atoms with Crippen LogP contribution in [0.2, 0.25) is 0 Å². The molecule has 1 aliphatic heterocycles. The normalized spacial score (nSPS) is 38.4. The summed E-state index contributed by atoms with van der Waals surface area (Å²) in [6, 6.07) is 1.68. The maximum atomic E-state index is 3.52. The van der Waals surface area contributed by atoms with E-state index in [1.807, 2.05) is 0 Å². The van der Waals surface area contributed by atoms with Gasteiger partial charge >= 0.3 is 0 Å². The molecule has 0 radical (unpaired) electrons. The molecule has 3 unspecified atom stereocenters. The van der Waals surface area contributed by atoms with Crippen molar-refractivity contribution in [1.29, 1.82) is 0 Å². The smallest absolute Gasteiger partial charge is 0.0221 e. The summed E-state index contributed by atoms with van der Waals surface area (Å²) >= 11 is 2.07. The Morgan fingerprint density at radius 1 is 1.40 bits per heavy atom. The first-order valence-electron chi connectivity index (χ1n) is 6.34. The summed E-state index contributed by atoms with van der Waals surface area (Å²) < 4.78 is 0. The van der Waals surface area contributed by atoms with Gasteiger partial charge in [-0.05, 0) is 31.9 Å². The first-order valence-corrected chi connectivity index (χ1v) is 7.63. The maximum Gasteiger partial charge on any atom is 0.0221 e. The van der Waals surface area contributed by atoms with E-state index < -0.39 is 0 Å². The minimum absolute atomic E-state index is 0.796. The summed E-state index contributed by atoms with van der Waals surface area (Å²) in [4.78, 5) is 2.78. The van der Waals surface area contributed by atoms with E-state index in [9.17, 15) is 0 Å². The monoisotopic (exact) mass is 228 g/mol. The lowest BCUT2D eigenvalue weighted by atomic mass is 10.1. The lowest BCUT2D eigenvalue weighted by Gasteiger charge is -2.40. The molecule has 0 spiro atoms. The van der Waals surface area contributed by atoms with Crippen molar-refractivity contribution in [3.8, 4) is 0 Å². The van der Waals surface area contributed by atoms with Gasteiger partial charge in [0.1, 0.15) is 0 Å². The fourth-order valence-corrected chi connectivity index (χ4v) is 3.86. The molecule has 2 fully saturated rings. The molecule has 0 amide bonds. The Morgan fingerprint density at radius 2 is 2.27 bits per heavy atom. The average molecular weight is 228 g/mol. The summed E-state index contributed by atoms with van der Waals surface area (Å²) in [6.45, 7) is 5.99. The number of hydrogen-bond donors (Lipinski definition) is 1. The van der Waals surface area contributed by atoms with E-state index >= 15 is 0 Å². The van der Waals surface area contributed by atoms with E-state index in [-0.39, 0.29) is 0 Å². The minimum Gasteiger partial charge on any atom is -0.314 e. The number of nitrogens with zero attached hydrogens (tertiary/aromatic N) is 1. The van der Waals surface area contributed by atoms with Gasteiger partial charge in [-0.25, -0.2) is 0 Å². The van der Waals surface area contributed by atoms with Gasteiger partial charge in [-0.3, -0.25) is 4.90 Å². The van der Waals surface area contributed by atoms with Crippen molar-refractivity contribution in [2.75, 3.05) is 25.9 Å². The van der Waals surface area contributed by atoms with Crippen LogP contribution in [0, 0.1) is 0 Å². The van der Waals surface area contributed by atoms with Crippen LogP contribution in [0.5, 0.6) is 0 Å². The van der Waals surface area contributed by atoms with Crippen molar-refractivity contribution in [3.63, 3.8) is 0 Å². The molecule has 0 aromatic heterocycles. The molecule has 1 N–H and O–H groups in total. The van der Waals surface area contributed by atoms with Gasteiger partial charge in [-0.1, -0.05) is 6.92 Å². The highest BCUT2D eigenvalue weighted by Crippen LogP contribution is 2.32. The zero-order valence-electron chi connectivity index (χ0n) is 10.0. The largest absolute Gasteiger partial charge is 0.314 e. The van der Waals surface area contributed by atoms with Crippen LogP contribution in [0.4, 0.5) is 0 Å².